The second-order valence-corrected chi connectivity index (χ2v) is 6.96. The van der Waals surface area contributed by atoms with Crippen LogP contribution in [0.1, 0.15) is 58.8 Å². The number of hydrogen-bond donors (Lipinski definition) is 0. The van der Waals surface area contributed by atoms with Crippen molar-refractivity contribution in [2.75, 3.05) is 0 Å². The van der Waals surface area contributed by atoms with Gasteiger partial charge in [0.2, 0.25) is 0 Å². The predicted octanol–water partition coefficient (Wildman–Crippen LogP) is 5.10. The number of rotatable bonds is 4. The summed E-state index contributed by atoms with van der Waals surface area (Å²) in [6.07, 6.45) is 9.58. The Bertz CT molecular complexity index is 336. The van der Waals surface area contributed by atoms with Crippen LogP contribution in [-0.2, 0) is 4.79 Å². The van der Waals surface area contributed by atoms with Gasteiger partial charge in [0.15, 0.2) is 0 Å². The molecule has 0 spiro atoms. The maximum atomic E-state index is 10.6. The van der Waals surface area contributed by atoms with E-state index in [9.17, 15) is 4.79 Å². The van der Waals surface area contributed by atoms with E-state index in [0.29, 0.717) is 11.3 Å². The van der Waals surface area contributed by atoms with Gasteiger partial charge in [-0.25, -0.2) is 0 Å². The largest absolute Gasteiger partial charge is 0.303 e. The highest BCUT2D eigenvalue weighted by atomic mass is 79.9. The van der Waals surface area contributed by atoms with Gasteiger partial charge in [0, 0.05) is 6.42 Å². The van der Waals surface area contributed by atoms with E-state index in [1.165, 1.54) is 32.1 Å². The number of halogens is 1. The highest BCUT2D eigenvalue weighted by molar-refractivity contribution is 9.11. The SMILES string of the molecule is CC(CCC=O)[C@H]1CCC2/C(=C/Br)CCC[C@@]21C. The molecule has 0 aromatic rings. The van der Waals surface area contributed by atoms with Gasteiger partial charge in [-0.05, 0) is 66.7 Å². The van der Waals surface area contributed by atoms with Gasteiger partial charge < -0.3 is 4.79 Å². The lowest BCUT2D eigenvalue weighted by Gasteiger charge is -2.44. The Hall–Kier alpha value is -0.110. The normalized spacial score (nSPS) is 39.6. The van der Waals surface area contributed by atoms with Crippen molar-refractivity contribution in [1.82, 2.24) is 0 Å². The Balaban J connectivity index is 2.13. The standard InChI is InChI=1S/C16H25BrO/c1-12(5-4-10-18)14-7-8-15-13(11-17)6-3-9-16(14,15)2/h10-12,14-15H,3-9H2,1-2H3/b13-11+/t12?,14-,15?,16-/m1/s1. The quantitative estimate of drug-likeness (QED) is 0.660. The summed E-state index contributed by atoms with van der Waals surface area (Å²) in [6.45, 7) is 4.86. The lowest BCUT2D eigenvalue weighted by atomic mass is 9.61. The molecular formula is C16H25BrO. The fourth-order valence-electron chi connectivity index (χ4n) is 4.68. The van der Waals surface area contributed by atoms with Crippen LogP contribution in [0.5, 0.6) is 0 Å². The minimum atomic E-state index is 0.486. The zero-order valence-electron chi connectivity index (χ0n) is 11.6. The summed E-state index contributed by atoms with van der Waals surface area (Å²) in [5, 5.41) is 0. The van der Waals surface area contributed by atoms with Crippen molar-refractivity contribution < 1.29 is 4.79 Å². The number of aldehydes is 1. The number of allylic oxidation sites excluding steroid dienone is 1. The zero-order valence-corrected chi connectivity index (χ0v) is 13.2. The molecule has 2 unspecified atom stereocenters. The molecule has 0 bridgehead atoms. The summed E-state index contributed by atoms with van der Waals surface area (Å²) in [6, 6.07) is 0. The molecule has 2 aliphatic rings. The minimum absolute atomic E-state index is 0.486. The molecule has 2 heteroatoms. The van der Waals surface area contributed by atoms with Gasteiger partial charge in [-0.2, -0.15) is 0 Å². The van der Waals surface area contributed by atoms with Gasteiger partial charge in [0.25, 0.3) is 0 Å². The Morgan fingerprint density at radius 3 is 2.94 bits per heavy atom. The highest BCUT2D eigenvalue weighted by Crippen LogP contribution is 2.59. The molecule has 0 N–H and O–H groups in total. The topological polar surface area (TPSA) is 17.1 Å². The molecule has 18 heavy (non-hydrogen) atoms. The number of hydrogen-bond acceptors (Lipinski definition) is 1. The van der Waals surface area contributed by atoms with E-state index in [0.717, 1.165) is 31.0 Å². The van der Waals surface area contributed by atoms with Crippen LogP contribution in [0.25, 0.3) is 0 Å². The molecular weight excluding hydrogens is 288 g/mol. The van der Waals surface area contributed by atoms with Crippen LogP contribution in [0.4, 0.5) is 0 Å². The molecule has 2 rings (SSSR count). The van der Waals surface area contributed by atoms with Crippen LogP contribution in [0, 0.1) is 23.2 Å². The lowest BCUT2D eigenvalue weighted by Crippen LogP contribution is -2.35. The molecule has 4 atom stereocenters. The third-order valence-corrected chi connectivity index (χ3v) is 6.19. The number of carbonyl (C=O) groups is 1. The van der Waals surface area contributed by atoms with Crippen molar-refractivity contribution in [1.29, 1.82) is 0 Å². The summed E-state index contributed by atoms with van der Waals surface area (Å²) in [5.41, 5.74) is 2.12. The highest BCUT2D eigenvalue weighted by Gasteiger charge is 2.50. The second-order valence-electron chi connectivity index (χ2n) is 6.50. The van der Waals surface area contributed by atoms with E-state index in [2.05, 4.69) is 34.8 Å². The fraction of sp³-hybridized carbons (Fsp3) is 0.812. The van der Waals surface area contributed by atoms with Crippen LogP contribution in [0.2, 0.25) is 0 Å². The second kappa shape index (κ2) is 5.90. The van der Waals surface area contributed by atoms with Crippen LogP contribution >= 0.6 is 15.9 Å². The summed E-state index contributed by atoms with van der Waals surface area (Å²) in [5.74, 6) is 2.29. The maximum Gasteiger partial charge on any atom is 0.120 e. The van der Waals surface area contributed by atoms with E-state index >= 15 is 0 Å². The average Bonchev–Trinajstić information content (AvgIpc) is 2.72. The molecule has 0 saturated heterocycles. The molecule has 0 radical (unpaired) electrons. The molecule has 0 amide bonds. The maximum absolute atomic E-state index is 10.6. The first-order chi connectivity index (χ1) is 8.63. The van der Waals surface area contributed by atoms with Gasteiger partial charge >= 0.3 is 0 Å². The lowest BCUT2D eigenvalue weighted by molar-refractivity contribution is -0.108. The van der Waals surface area contributed by atoms with Crippen molar-refractivity contribution in [3.8, 4) is 0 Å². The van der Waals surface area contributed by atoms with Gasteiger partial charge in [-0.3, -0.25) is 0 Å². The number of carbonyl (C=O) groups excluding carboxylic acids is 1. The van der Waals surface area contributed by atoms with E-state index in [4.69, 9.17) is 0 Å². The fourth-order valence-corrected chi connectivity index (χ4v) is 5.23. The Labute approximate surface area is 120 Å². The summed E-state index contributed by atoms with van der Waals surface area (Å²) >= 11 is 3.56. The van der Waals surface area contributed by atoms with E-state index in [1.807, 2.05) is 0 Å². The number of fused-ring (bicyclic) bond motifs is 1. The first kappa shape index (κ1) is 14.3. The molecule has 0 heterocycles. The van der Waals surface area contributed by atoms with Crippen molar-refractivity contribution in [2.45, 2.75) is 58.8 Å². The first-order valence-corrected chi connectivity index (χ1v) is 8.28. The van der Waals surface area contributed by atoms with Crippen molar-refractivity contribution in [2.24, 2.45) is 23.2 Å². The monoisotopic (exact) mass is 312 g/mol. The summed E-state index contributed by atoms with van der Waals surface area (Å²) < 4.78 is 0. The van der Waals surface area contributed by atoms with Gasteiger partial charge in [-0.15, -0.1) is 0 Å². The van der Waals surface area contributed by atoms with Crippen LogP contribution in [0.15, 0.2) is 10.6 Å². The molecule has 102 valence electrons. The first-order valence-electron chi connectivity index (χ1n) is 7.36. The summed E-state index contributed by atoms with van der Waals surface area (Å²) in [4.78, 5) is 12.8. The van der Waals surface area contributed by atoms with Crippen LogP contribution < -0.4 is 0 Å². The van der Waals surface area contributed by atoms with Crippen molar-refractivity contribution >= 4 is 22.2 Å². The van der Waals surface area contributed by atoms with E-state index in [-0.39, 0.29) is 0 Å². The van der Waals surface area contributed by atoms with Gasteiger partial charge in [0.05, 0.1) is 0 Å². The minimum Gasteiger partial charge on any atom is -0.303 e. The third kappa shape index (κ3) is 2.45. The van der Waals surface area contributed by atoms with Crippen LogP contribution in [0.3, 0.4) is 0 Å². The van der Waals surface area contributed by atoms with E-state index < -0.39 is 0 Å². The average molecular weight is 313 g/mol. The van der Waals surface area contributed by atoms with Gasteiger partial charge in [0.1, 0.15) is 6.29 Å². The third-order valence-electron chi connectivity index (χ3n) is 5.60. The zero-order chi connectivity index (χ0) is 13.2. The molecule has 2 fully saturated rings. The van der Waals surface area contributed by atoms with Crippen molar-refractivity contribution in [3.63, 3.8) is 0 Å². The molecule has 1 nitrogen and oxygen atoms in total. The molecule has 0 aromatic carbocycles. The summed E-state index contributed by atoms with van der Waals surface area (Å²) in [7, 11) is 0. The van der Waals surface area contributed by atoms with Crippen LogP contribution in [-0.4, -0.2) is 6.29 Å². The molecule has 0 aromatic heterocycles. The molecule has 2 saturated carbocycles. The van der Waals surface area contributed by atoms with Crippen molar-refractivity contribution in [3.05, 3.63) is 10.6 Å². The Kier molecular flexibility index (Phi) is 4.69. The molecule has 0 aliphatic heterocycles. The Morgan fingerprint density at radius 2 is 2.28 bits per heavy atom. The predicted molar refractivity (Wildman–Crippen MR) is 79.6 cm³/mol. The smallest absolute Gasteiger partial charge is 0.120 e. The molecule has 2 aliphatic carbocycles. The van der Waals surface area contributed by atoms with Gasteiger partial charge in [-0.1, -0.05) is 35.4 Å². The Morgan fingerprint density at radius 1 is 1.50 bits per heavy atom. The van der Waals surface area contributed by atoms with E-state index in [1.54, 1.807) is 5.57 Å².